The number of hydrogen-bond donors (Lipinski definition) is 2. The van der Waals surface area contributed by atoms with Crippen LogP contribution in [-0.2, 0) is 24.4 Å². The van der Waals surface area contributed by atoms with E-state index < -0.39 is 34.3 Å². The van der Waals surface area contributed by atoms with Gasteiger partial charge in [0.2, 0.25) is 5.88 Å². The SMILES string of the molecule is CC(=CC=C1Oc2ccccc2N1CCS(=O)(=O)O)C=C1OC(=S)N(CC(=O)O)C1=O. The summed E-state index contributed by atoms with van der Waals surface area (Å²) in [6, 6.07) is 7.01. The van der Waals surface area contributed by atoms with Gasteiger partial charge >= 0.3 is 5.97 Å². The number of amides is 1. The summed E-state index contributed by atoms with van der Waals surface area (Å²) in [5.41, 5.74) is 1.20. The van der Waals surface area contributed by atoms with Gasteiger partial charge in [-0.25, -0.2) is 0 Å². The van der Waals surface area contributed by atoms with Crippen LogP contribution in [-0.4, -0.2) is 58.9 Å². The summed E-state index contributed by atoms with van der Waals surface area (Å²) in [5.74, 6) is -1.64. The third kappa shape index (κ3) is 5.48. The van der Waals surface area contributed by atoms with Crippen molar-refractivity contribution in [2.24, 2.45) is 0 Å². The molecule has 2 aliphatic rings. The normalized spacial score (nSPS) is 19.1. The van der Waals surface area contributed by atoms with E-state index >= 15 is 0 Å². The smallest absolute Gasteiger partial charge is 0.323 e. The fourth-order valence-corrected chi connectivity index (χ4v) is 3.49. The third-order valence-corrected chi connectivity index (χ3v) is 5.23. The van der Waals surface area contributed by atoms with Gasteiger partial charge in [0, 0.05) is 6.54 Å². The first-order valence-electron chi connectivity index (χ1n) is 8.90. The topological polar surface area (TPSA) is 134 Å². The van der Waals surface area contributed by atoms with Gasteiger partial charge < -0.3 is 19.5 Å². The van der Waals surface area contributed by atoms with Gasteiger partial charge in [0.05, 0.1) is 11.4 Å². The summed E-state index contributed by atoms with van der Waals surface area (Å²) in [4.78, 5) is 25.5. The molecular weight excluding hydrogens is 448 g/mol. The number of thiocarbonyl (C=S) groups is 1. The van der Waals surface area contributed by atoms with Gasteiger partial charge in [-0.2, -0.15) is 8.42 Å². The first kappa shape index (κ1) is 22.5. The highest BCUT2D eigenvalue weighted by atomic mass is 32.2. The van der Waals surface area contributed by atoms with E-state index in [-0.39, 0.29) is 17.5 Å². The number of allylic oxidation sites excluding steroid dienone is 4. The lowest BCUT2D eigenvalue weighted by Crippen LogP contribution is -2.33. The van der Waals surface area contributed by atoms with Gasteiger partial charge in [0.15, 0.2) is 11.5 Å². The van der Waals surface area contributed by atoms with Crippen LogP contribution in [0.5, 0.6) is 5.75 Å². The van der Waals surface area contributed by atoms with Crippen molar-refractivity contribution in [3.8, 4) is 5.75 Å². The second-order valence-electron chi connectivity index (χ2n) is 6.58. The number of carboxylic acids is 1. The Hall–Kier alpha value is -3.22. The number of para-hydroxylation sites is 2. The molecule has 0 unspecified atom stereocenters. The van der Waals surface area contributed by atoms with E-state index in [9.17, 15) is 18.0 Å². The Morgan fingerprint density at radius 3 is 2.61 bits per heavy atom. The Morgan fingerprint density at radius 2 is 1.94 bits per heavy atom. The van der Waals surface area contributed by atoms with E-state index in [1.807, 2.05) is 0 Å². The molecule has 2 heterocycles. The molecular formula is C19H18N2O8S2. The summed E-state index contributed by atoms with van der Waals surface area (Å²) in [5, 5.41) is 8.62. The summed E-state index contributed by atoms with van der Waals surface area (Å²) in [7, 11) is -4.17. The molecule has 1 fully saturated rings. The standard InChI is InChI=1S/C19H18N2O8S2/c1-12(10-15-18(24)21(11-17(22)23)19(30)29-15)6-7-16-20(8-9-31(25,26)27)13-4-2-3-5-14(13)28-16/h2-7,10H,8-9,11H2,1H3,(H,22,23)(H,25,26,27). The highest BCUT2D eigenvalue weighted by Gasteiger charge is 2.34. The molecule has 0 aliphatic carbocycles. The zero-order valence-corrected chi connectivity index (χ0v) is 17.9. The van der Waals surface area contributed by atoms with E-state index in [0.29, 0.717) is 22.9 Å². The van der Waals surface area contributed by atoms with E-state index in [0.717, 1.165) is 4.90 Å². The van der Waals surface area contributed by atoms with Crippen LogP contribution in [0, 0.1) is 0 Å². The molecule has 0 spiro atoms. The van der Waals surface area contributed by atoms with E-state index in [1.165, 1.54) is 6.08 Å². The van der Waals surface area contributed by atoms with Crippen molar-refractivity contribution in [3.05, 3.63) is 59.7 Å². The number of nitrogens with zero attached hydrogens (tertiary/aromatic N) is 2. The minimum Gasteiger partial charge on any atom is -0.480 e. The highest BCUT2D eigenvalue weighted by molar-refractivity contribution is 7.85. The van der Waals surface area contributed by atoms with Crippen LogP contribution in [0.1, 0.15) is 6.92 Å². The second-order valence-corrected chi connectivity index (χ2v) is 8.51. The fraction of sp³-hybridized carbons (Fsp3) is 0.211. The quantitative estimate of drug-likeness (QED) is 0.347. The van der Waals surface area contributed by atoms with E-state index in [2.05, 4.69) is 0 Å². The monoisotopic (exact) mass is 466 g/mol. The molecule has 0 radical (unpaired) electrons. The number of carbonyl (C=O) groups excluding carboxylic acids is 1. The first-order chi connectivity index (χ1) is 14.5. The van der Waals surface area contributed by atoms with Crippen LogP contribution in [0.15, 0.2) is 59.7 Å². The molecule has 3 rings (SSSR count). The van der Waals surface area contributed by atoms with Crippen molar-refractivity contribution in [1.82, 2.24) is 4.90 Å². The van der Waals surface area contributed by atoms with Crippen molar-refractivity contribution in [3.63, 3.8) is 0 Å². The number of benzene rings is 1. The Bertz CT molecular complexity index is 1140. The van der Waals surface area contributed by atoms with E-state index in [1.54, 1.807) is 48.2 Å². The average Bonchev–Trinajstić information content (AvgIpc) is 3.16. The number of hydrogen-bond acceptors (Lipinski definition) is 8. The molecule has 1 saturated heterocycles. The molecule has 0 aromatic heterocycles. The lowest BCUT2D eigenvalue weighted by atomic mass is 10.2. The molecule has 0 saturated carbocycles. The van der Waals surface area contributed by atoms with Crippen LogP contribution < -0.4 is 9.64 Å². The minimum atomic E-state index is -4.17. The lowest BCUT2D eigenvalue weighted by Gasteiger charge is -2.17. The van der Waals surface area contributed by atoms with Crippen LogP contribution in [0.25, 0.3) is 0 Å². The summed E-state index contributed by atoms with van der Waals surface area (Å²) in [6.45, 7) is 1.04. The maximum Gasteiger partial charge on any atom is 0.323 e. The van der Waals surface area contributed by atoms with Crippen molar-refractivity contribution in [1.29, 1.82) is 0 Å². The van der Waals surface area contributed by atoms with Gasteiger partial charge in [0.25, 0.3) is 21.2 Å². The van der Waals surface area contributed by atoms with Gasteiger partial charge in [-0.05, 0) is 49.0 Å². The number of ether oxygens (including phenoxy) is 2. The lowest BCUT2D eigenvalue weighted by molar-refractivity contribution is -0.140. The number of carboxylic acid groups (broad SMARTS) is 1. The summed E-state index contributed by atoms with van der Waals surface area (Å²) in [6.07, 6.45) is 4.58. The molecule has 164 valence electrons. The molecule has 1 amide bonds. The number of carbonyl (C=O) groups is 2. The maximum atomic E-state index is 12.3. The molecule has 2 N–H and O–H groups in total. The molecule has 10 nitrogen and oxygen atoms in total. The number of anilines is 1. The van der Waals surface area contributed by atoms with Crippen LogP contribution in [0.4, 0.5) is 5.69 Å². The Kier molecular flexibility index (Phi) is 6.43. The zero-order chi connectivity index (χ0) is 22.8. The Morgan fingerprint density at radius 1 is 1.23 bits per heavy atom. The van der Waals surface area contributed by atoms with Crippen LogP contribution >= 0.6 is 12.2 Å². The van der Waals surface area contributed by atoms with Crippen molar-refractivity contribution in [2.45, 2.75) is 6.92 Å². The number of rotatable bonds is 7. The average molecular weight is 466 g/mol. The van der Waals surface area contributed by atoms with Crippen LogP contribution in [0.3, 0.4) is 0 Å². The predicted octanol–water partition coefficient (Wildman–Crippen LogP) is 1.67. The largest absolute Gasteiger partial charge is 0.480 e. The summed E-state index contributed by atoms with van der Waals surface area (Å²) < 4.78 is 42.4. The molecule has 2 aliphatic heterocycles. The zero-order valence-electron chi connectivity index (χ0n) is 16.2. The fourth-order valence-electron chi connectivity index (χ4n) is 2.84. The number of fused-ring (bicyclic) bond motifs is 1. The molecule has 0 bridgehead atoms. The number of aliphatic carboxylic acids is 1. The third-order valence-electron chi connectivity index (χ3n) is 4.22. The second kappa shape index (κ2) is 8.88. The highest BCUT2D eigenvalue weighted by Crippen LogP contribution is 2.38. The van der Waals surface area contributed by atoms with Gasteiger partial charge in [0.1, 0.15) is 6.54 Å². The first-order valence-corrected chi connectivity index (χ1v) is 10.9. The molecule has 1 aromatic rings. The molecule has 31 heavy (non-hydrogen) atoms. The van der Waals surface area contributed by atoms with Crippen molar-refractivity contribution >= 4 is 45.1 Å². The molecule has 0 atom stereocenters. The summed E-state index contributed by atoms with van der Waals surface area (Å²) >= 11 is 4.88. The molecule has 1 aromatic carbocycles. The van der Waals surface area contributed by atoms with E-state index in [4.69, 9.17) is 31.4 Å². The molecule has 12 heteroatoms. The Labute approximate surface area is 183 Å². The van der Waals surface area contributed by atoms with Gasteiger partial charge in [-0.1, -0.05) is 18.2 Å². The van der Waals surface area contributed by atoms with Crippen molar-refractivity contribution in [2.75, 3.05) is 23.7 Å². The van der Waals surface area contributed by atoms with Gasteiger partial charge in [-0.3, -0.25) is 19.0 Å². The predicted molar refractivity (Wildman–Crippen MR) is 114 cm³/mol. The van der Waals surface area contributed by atoms with Crippen molar-refractivity contribution < 1.29 is 37.1 Å². The maximum absolute atomic E-state index is 12.3. The van der Waals surface area contributed by atoms with Crippen LogP contribution in [0.2, 0.25) is 0 Å². The minimum absolute atomic E-state index is 0.0321. The van der Waals surface area contributed by atoms with Gasteiger partial charge in [-0.15, -0.1) is 0 Å². The Balaban J connectivity index is 1.81.